The zero-order valence-corrected chi connectivity index (χ0v) is 9.68. The van der Waals surface area contributed by atoms with Gasteiger partial charge in [-0.05, 0) is 26.0 Å². The van der Waals surface area contributed by atoms with E-state index >= 15 is 0 Å². The lowest BCUT2D eigenvalue weighted by Gasteiger charge is -2.22. The third kappa shape index (κ3) is 1.94. The zero-order valence-electron chi connectivity index (χ0n) is 9.68. The molecule has 2 rings (SSSR count). The van der Waals surface area contributed by atoms with Gasteiger partial charge in [0.1, 0.15) is 0 Å². The summed E-state index contributed by atoms with van der Waals surface area (Å²) in [6, 6.07) is 6.28. The molecule has 0 bridgehead atoms. The number of rotatable bonds is 3. The average Bonchev–Trinajstić information content (AvgIpc) is 2.55. The molecule has 5 heteroatoms. The molecule has 17 heavy (non-hydrogen) atoms. The maximum Gasteiger partial charge on any atom is 0.276 e. The van der Waals surface area contributed by atoms with Crippen molar-refractivity contribution in [2.45, 2.75) is 26.0 Å². The molecule has 1 heterocycles. The maximum absolute atomic E-state index is 11.9. The van der Waals surface area contributed by atoms with Crippen LogP contribution in [0.2, 0.25) is 0 Å². The van der Waals surface area contributed by atoms with Crippen molar-refractivity contribution in [3.05, 3.63) is 35.4 Å². The summed E-state index contributed by atoms with van der Waals surface area (Å²) in [5.74, 6) is -0.754. The lowest BCUT2D eigenvalue weighted by molar-refractivity contribution is 0.0454. The van der Waals surface area contributed by atoms with E-state index < -0.39 is 6.10 Å². The van der Waals surface area contributed by atoms with Crippen LogP contribution in [-0.4, -0.2) is 34.1 Å². The van der Waals surface area contributed by atoms with Crippen LogP contribution in [0.4, 0.5) is 0 Å². The van der Waals surface area contributed by atoms with Gasteiger partial charge in [-0.25, -0.2) is 10.4 Å². The van der Waals surface area contributed by atoms with Gasteiger partial charge in [0.25, 0.3) is 11.8 Å². The van der Waals surface area contributed by atoms with Crippen LogP contribution in [0.5, 0.6) is 0 Å². The van der Waals surface area contributed by atoms with Crippen LogP contribution in [0.1, 0.15) is 34.6 Å². The van der Waals surface area contributed by atoms with E-state index in [1.54, 1.807) is 38.1 Å². The van der Waals surface area contributed by atoms with Crippen molar-refractivity contribution in [3.63, 3.8) is 0 Å². The molecule has 1 aliphatic rings. The lowest BCUT2D eigenvalue weighted by Crippen LogP contribution is -2.50. The van der Waals surface area contributed by atoms with Gasteiger partial charge in [-0.1, -0.05) is 12.1 Å². The predicted octanol–water partition coefficient (Wildman–Crippen LogP) is 0.556. The Morgan fingerprint density at radius 1 is 1.12 bits per heavy atom. The highest BCUT2D eigenvalue weighted by atomic mass is 16.3. The SMILES string of the molecule is C[C@H](O)[C@H](C)NN1C(=O)c2ccccc2C1=O. The van der Waals surface area contributed by atoms with E-state index in [1.807, 2.05) is 0 Å². The molecular formula is C12H14N2O3. The predicted molar refractivity (Wildman–Crippen MR) is 61.2 cm³/mol. The van der Waals surface area contributed by atoms with Crippen molar-refractivity contribution in [2.24, 2.45) is 0 Å². The zero-order chi connectivity index (χ0) is 12.6. The molecule has 2 N–H and O–H groups in total. The van der Waals surface area contributed by atoms with E-state index in [0.717, 1.165) is 5.01 Å². The molecule has 0 spiro atoms. The molecule has 2 amide bonds. The molecule has 0 saturated carbocycles. The molecule has 0 fully saturated rings. The molecule has 0 radical (unpaired) electrons. The Balaban J connectivity index is 2.25. The van der Waals surface area contributed by atoms with E-state index in [4.69, 9.17) is 0 Å². The van der Waals surface area contributed by atoms with Gasteiger partial charge in [0, 0.05) is 6.04 Å². The van der Waals surface area contributed by atoms with Crippen LogP contribution < -0.4 is 5.43 Å². The first kappa shape index (κ1) is 11.8. The molecule has 0 aliphatic carbocycles. The number of aliphatic hydroxyl groups excluding tert-OH is 1. The first-order chi connectivity index (χ1) is 8.02. The number of aliphatic hydroxyl groups is 1. The van der Waals surface area contributed by atoms with E-state index in [1.165, 1.54) is 0 Å². The molecule has 5 nitrogen and oxygen atoms in total. The van der Waals surface area contributed by atoms with E-state index in [0.29, 0.717) is 11.1 Å². The van der Waals surface area contributed by atoms with Crippen molar-refractivity contribution in [3.8, 4) is 0 Å². The minimum atomic E-state index is -0.653. The minimum Gasteiger partial charge on any atom is -0.392 e. The number of imide groups is 1. The Labute approximate surface area is 99.0 Å². The Morgan fingerprint density at radius 2 is 1.59 bits per heavy atom. The summed E-state index contributed by atoms with van der Waals surface area (Å²) < 4.78 is 0. The van der Waals surface area contributed by atoms with Crippen LogP contribution >= 0.6 is 0 Å². The van der Waals surface area contributed by atoms with Crippen LogP contribution in [0.3, 0.4) is 0 Å². The number of hydrazine groups is 1. The number of hydrogen-bond donors (Lipinski definition) is 2. The summed E-state index contributed by atoms with van der Waals surface area (Å²) in [7, 11) is 0. The second kappa shape index (κ2) is 4.27. The Morgan fingerprint density at radius 3 is 2.00 bits per heavy atom. The number of carbonyl (C=O) groups is 2. The van der Waals surface area contributed by atoms with Crippen molar-refractivity contribution in [1.29, 1.82) is 0 Å². The molecule has 90 valence electrons. The normalized spacial score (nSPS) is 18.2. The second-order valence-electron chi connectivity index (χ2n) is 4.15. The Kier molecular flexibility index (Phi) is 2.95. The van der Waals surface area contributed by atoms with Gasteiger partial charge in [0.05, 0.1) is 17.2 Å². The summed E-state index contributed by atoms with van der Waals surface area (Å²) >= 11 is 0. The Hall–Kier alpha value is -1.72. The fourth-order valence-corrected chi connectivity index (χ4v) is 1.62. The second-order valence-corrected chi connectivity index (χ2v) is 4.15. The summed E-state index contributed by atoms with van der Waals surface area (Å²) in [6.45, 7) is 3.30. The van der Waals surface area contributed by atoms with Gasteiger partial charge in [-0.3, -0.25) is 9.59 Å². The molecule has 0 saturated heterocycles. The largest absolute Gasteiger partial charge is 0.392 e. The molecule has 0 unspecified atom stereocenters. The lowest BCUT2D eigenvalue weighted by atomic mass is 10.1. The molecule has 0 aromatic heterocycles. The smallest absolute Gasteiger partial charge is 0.276 e. The quantitative estimate of drug-likeness (QED) is 0.750. The molecule has 1 aromatic carbocycles. The van der Waals surface area contributed by atoms with Crippen molar-refractivity contribution >= 4 is 11.8 Å². The number of carbonyl (C=O) groups excluding carboxylic acids is 2. The third-order valence-corrected chi connectivity index (χ3v) is 2.85. The van der Waals surface area contributed by atoms with Crippen molar-refractivity contribution < 1.29 is 14.7 Å². The van der Waals surface area contributed by atoms with Crippen LogP contribution in [-0.2, 0) is 0 Å². The highest BCUT2D eigenvalue weighted by molar-refractivity contribution is 6.20. The van der Waals surface area contributed by atoms with E-state index in [9.17, 15) is 14.7 Å². The standard InChI is InChI=1S/C12H14N2O3/c1-7(8(2)15)13-14-11(16)9-5-3-4-6-10(9)12(14)17/h3-8,13,15H,1-2H3/t7-,8-/m0/s1. The van der Waals surface area contributed by atoms with E-state index in [-0.39, 0.29) is 17.9 Å². The van der Waals surface area contributed by atoms with Gasteiger partial charge in [0.15, 0.2) is 0 Å². The Bertz CT molecular complexity index is 436. The molecule has 1 aliphatic heterocycles. The van der Waals surface area contributed by atoms with Gasteiger partial charge in [0.2, 0.25) is 0 Å². The number of benzene rings is 1. The number of hydrogen-bond acceptors (Lipinski definition) is 4. The average molecular weight is 234 g/mol. The number of nitrogens with zero attached hydrogens (tertiary/aromatic N) is 1. The number of amides is 2. The summed E-state index contributed by atoms with van der Waals surface area (Å²) in [4.78, 5) is 23.9. The topological polar surface area (TPSA) is 69.6 Å². The first-order valence-electron chi connectivity index (χ1n) is 5.44. The minimum absolute atomic E-state index is 0.377. The maximum atomic E-state index is 11.9. The van der Waals surface area contributed by atoms with Crippen LogP contribution in [0, 0.1) is 0 Å². The van der Waals surface area contributed by atoms with Crippen LogP contribution in [0.25, 0.3) is 0 Å². The van der Waals surface area contributed by atoms with Gasteiger partial charge >= 0.3 is 0 Å². The summed E-state index contributed by atoms with van der Waals surface area (Å²) in [6.07, 6.45) is -0.653. The van der Waals surface area contributed by atoms with Gasteiger partial charge in [-0.15, -0.1) is 0 Å². The third-order valence-electron chi connectivity index (χ3n) is 2.85. The monoisotopic (exact) mass is 234 g/mol. The van der Waals surface area contributed by atoms with Crippen molar-refractivity contribution in [1.82, 2.24) is 10.4 Å². The van der Waals surface area contributed by atoms with Crippen molar-refractivity contribution in [2.75, 3.05) is 0 Å². The van der Waals surface area contributed by atoms with Gasteiger partial charge < -0.3 is 5.11 Å². The summed E-state index contributed by atoms with van der Waals surface area (Å²) in [5, 5.41) is 10.3. The van der Waals surface area contributed by atoms with Gasteiger partial charge in [-0.2, -0.15) is 0 Å². The fraction of sp³-hybridized carbons (Fsp3) is 0.333. The number of nitrogens with one attached hydrogen (secondary N) is 1. The van der Waals surface area contributed by atoms with E-state index in [2.05, 4.69) is 5.43 Å². The van der Waals surface area contributed by atoms with Crippen LogP contribution in [0.15, 0.2) is 24.3 Å². The number of fused-ring (bicyclic) bond motifs is 1. The molecule has 2 atom stereocenters. The molecular weight excluding hydrogens is 220 g/mol. The summed E-state index contributed by atoms with van der Waals surface area (Å²) in [5.41, 5.74) is 3.49. The first-order valence-corrected chi connectivity index (χ1v) is 5.44. The highest BCUT2D eigenvalue weighted by Crippen LogP contribution is 2.21. The highest BCUT2D eigenvalue weighted by Gasteiger charge is 2.36. The molecule has 1 aromatic rings. The fourth-order valence-electron chi connectivity index (χ4n) is 1.62.